The van der Waals surface area contributed by atoms with E-state index < -0.39 is 0 Å². The fourth-order valence-corrected chi connectivity index (χ4v) is 2.17. The number of hydrogen-bond donors (Lipinski definition) is 2. The van der Waals surface area contributed by atoms with Crippen LogP contribution >= 0.6 is 0 Å². The first kappa shape index (κ1) is 14.0. The molecule has 2 rings (SSSR count). The number of hydrogen-bond acceptors (Lipinski definition) is 3. The van der Waals surface area contributed by atoms with E-state index in [4.69, 9.17) is 5.11 Å². The molecule has 19 heavy (non-hydrogen) atoms. The molecule has 1 fully saturated rings. The zero-order valence-corrected chi connectivity index (χ0v) is 11.4. The van der Waals surface area contributed by atoms with E-state index in [2.05, 4.69) is 17.1 Å². The van der Waals surface area contributed by atoms with E-state index >= 15 is 0 Å². The normalized spacial score (nSPS) is 14.7. The second-order valence-corrected chi connectivity index (χ2v) is 5.02. The molecular formula is C15H22N2O2. The zero-order valence-electron chi connectivity index (χ0n) is 11.4. The third-order valence-corrected chi connectivity index (χ3v) is 3.44. The van der Waals surface area contributed by atoms with Gasteiger partial charge in [0.25, 0.3) is 0 Å². The van der Waals surface area contributed by atoms with Crippen LogP contribution < -0.4 is 5.32 Å². The molecule has 4 heteroatoms. The highest BCUT2D eigenvalue weighted by atomic mass is 16.3. The topological polar surface area (TPSA) is 52.6 Å². The van der Waals surface area contributed by atoms with Crippen LogP contribution in [0.5, 0.6) is 0 Å². The van der Waals surface area contributed by atoms with Crippen molar-refractivity contribution in [2.24, 2.45) is 0 Å². The minimum atomic E-state index is -0.00963. The van der Waals surface area contributed by atoms with Crippen molar-refractivity contribution in [3.63, 3.8) is 0 Å². The summed E-state index contributed by atoms with van der Waals surface area (Å²) in [6.07, 6.45) is 3.27. The number of aliphatic hydroxyl groups is 1. The Morgan fingerprint density at radius 1 is 1.37 bits per heavy atom. The standard InChI is InChI=1S/C15H22N2O2/c1-2-12-3-5-13(6-4-12)16-15(19)11-17(9-10-18)14-7-8-14/h3-6,14,18H,2,7-11H2,1H3,(H,16,19). The molecular weight excluding hydrogens is 240 g/mol. The van der Waals surface area contributed by atoms with E-state index in [9.17, 15) is 4.79 Å². The zero-order chi connectivity index (χ0) is 13.7. The van der Waals surface area contributed by atoms with E-state index in [-0.39, 0.29) is 12.5 Å². The van der Waals surface area contributed by atoms with Crippen LogP contribution in [0.2, 0.25) is 0 Å². The monoisotopic (exact) mass is 262 g/mol. The molecule has 1 aliphatic carbocycles. The molecule has 0 saturated heterocycles. The van der Waals surface area contributed by atoms with Crippen molar-refractivity contribution < 1.29 is 9.90 Å². The highest BCUT2D eigenvalue weighted by Gasteiger charge is 2.29. The number of nitrogens with zero attached hydrogens (tertiary/aromatic N) is 1. The van der Waals surface area contributed by atoms with E-state index in [1.54, 1.807) is 0 Å². The van der Waals surface area contributed by atoms with Crippen LogP contribution in [-0.4, -0.2) is 41.7 Å². The molecule has 1 aliphatic rings. The van der Waals surface area contributed by atoms with Gasteiger partial charge >= 0.3 is 0 Å². The van der Waals surface area contributed by atoms with Crippen LogP contribution in [0.15, 0.2) is 24.3 Å². The first-order valence-corrected chi connectivity index (χ1v) is 6.96. The van der Waals surface area contributed by atoms with Crippen LogP contribution in [-0.2, 0) is 11.2 Å². The highest BCUT2D eigenvalue weighted by Crippen LogP contribution is 2.26. The molecule has 0 spiro atoms. The van der Waals surface area contributed by atoms with E-state index in [1.807, 2.05) is 24.3 Å². The number of aliphatic hydroxyl groups excluding tert-OH is 1. The molecule has 0 unspecified atom stereocenters. The SMILES string of the molecule is CCc1ccc(NC(=O)CN(CCO)C2CC2)cc1. The van der Waals surface area contributed by atoms with Gasteiger partial charge in [-0.3, -0.25) is 9.69 Å². The van der Waals surface area contributed by atoms with Crippen molar-refractivity contribution in [2.75, 3.05) is 25.0 Å². The fraction of sp³-hybridized carbons (Fsp3) is 0.533. The Labute approximate surface area is 114 Å². The molecule has 0 atom stereocenters. The van der Waals surface area contributed by atoms with Gasteiger partial charge in [0.2, 0.25) is 5.91 Å². The number of rotatable bonds is 7. The largest absolute Gasteiger partial charge is 0.395 e. The molecule has 0 radical (unpaired) electrons. The lowest BCUT2D eigenvalue weighted by molar-refractivity contribution is -0.117. The molecule has 1 amide bonds. The maximum absolute atomic E-state index is 11.9. The van der Waals surface area contributed by atoms with Gasteiger partial charge < -0.3 is 10.4 Å². The number of anilines is 1. The van der Waals surface area contributed by atoms with Crippen molar-refractivity contribution in [3.8, 4) is 0 Å². The van der Waals surface area contributed by atoms with Crippen molar-refractivity contribution in [2.45, 2.75) is 32.2 Å². The smallest absolute Gasteiger partial charge is 0.238 e. The van der Waals surface area contributed by atoms with Crippen molar-refractivity contribution >= 4 is 11.6 Å². The quantitative estimate of drug-likeness (QED) is 0.785. The predicted octanol–water partition coefficient (Wildman–Crippen LogP) is 1.64. The van der Waals surface area contributed by atoms with Crippen LogP contribution in [0.4, 0.5) is 5.69 Å². The summed E-state index contributed by atoms with van der Waals surface area (Å²) in [5.74, 6) is -0.00963. The van der Waals surface area contributed by atoms with E-state index in [0.29, 0.717) is 19.1 Å². The Balaban J connectivity index is 1.85. The van der Waals surface area contributed by atoms with Crippen molar-refractivity contribution in [3.05, 3.63) is 29.8 Å². The van der Waals surface area contributed by atoms with Gasteiger partial charge in [-0.05, 0) is 37.0 Å². The van der Waals surface area contributed by atoms with Gasteiger partial charge in [0.1, 0.15) is 0 Å². The third-order valence-electron chi connectivity index (χ3n) is 3.44. The van der Waals surface area contributed by atoms with Crippen LogP contribution in [0.1, 0.15) is 25.3 Å². The van der Waals surface area contributed by atoms with Gasteiger partial charge in [0.05, 0.1) is 13.2 Å². The molecule has 1 aromatic carbocycles. The van der Waals surface area contributed by atoms with Gasteiger partial charge in [0.15, 0.2) is 0 Å². The molecule has 2 N–H and O–H groups in total. The number of carbonyl (C=O) groups excluding carboxylic acids is 1. The molecule has 0 bridgehead atoms. The molecule has 0 heterocycles. The Bertz CT molecular complexity index is 413. The van der Waals surface area contributed by atoms with Gasteiger partial charge in [-0.15, -0.1) is 0 Å². The summed E-state index contributed by atoms with van der Waals surface area (Å²) in [5, 5.41) is 11.9. The Morgan fingerprint density at radius 2 is 2.05 bits per heavy atom. The lowest BCUT2D eigenvalue weighted by Gasteiger charge is -2.20. The number of aryl methyl sites for hydroxylation is 1. The predicted molar refractivity (Wildman–Crippen MR) is 76.1 cm³/mol. The minimum absolute atomic E-state index is 0.00963. The number of benzene rings is 1. The molecule has 104 valence electrons. The summed E-state index contributed by atoms with van der Waals surface area (Å²) in [6.45, 7) is 3.15. The van der Waals surface area contributed by atoms with Gasteiger partial charge in [-0.25, -0.2) is 0 Å². The van der Waals surface area contributed by atoms with Gasteiger partial charge in [0, 0.05) is 18.3 Å². The van der Waals surface area contributed by atoms with Gasteiger partial charge in [-0.2, -0.15) is 0 Å². The molecule has 4 nitrogen and oxygen atoms in total. The fourth-order valence-electron chi connectivity index (χ4n) is 2.17. The lowest BCUT2D eigenvalue weighted by Crippen LogP contribution is -2.36. The minimum Gasteiger partial charge on any atom is -0.395 e. The molecule has 0 aromatic heterocycles. The first-order chi connectivity index (χ1) is 9.22. The van der Waals surface area contributed by atoms with Crippen LogP contribution in [0, 0.1) is 0 Å². The summed E-state index contributed by atoms with van der Waals surface area (Å²) in [6, 6.07) is 8.42. The first-order valence-electron chi connectivity index (χ1n) is 6.96. The second kappa shape index (κ2) is 6.68. The molecule has 1 aromatic rings. The lowest BCUT2D eigenvalue weighted by atomic mass is 10.1. The number of amides is 1. The highest BCUT2D eigenvalue weighted by molar-refractivity contribution is 5.92. The number of carbonyl (C=O) groups is 1. The van der Waals surface area contributed by atoms with Crippen LogP contribution in [0.25, 0.3) is 0 Å². The van der Waals surface area contributed by atoms with Gasteiger partial charge in [-0.1, -0.05) is 19.1 Å². The average molecular weight is 262 g/mol. The van der Waals surface area contributed by atoms with Crippen LogP contribution in [0.3, 0.4) is 0 Å². The number of nitrogens with one attached hydrogen (secondary N) is 1. The maximum atomic E-state index is 11.9. The Kier molecular flexibility index (Phi) is 4.93. The molecule has 0 aliphatic heterocycles. The average Bonchev–Trinajstić information content (AvgIpc) is 3.23. The van der Waals surface area contributed by atoms with E-state index in [1.165, 1.54) is 5.56 Å². The third kappa shape index (κ3) is 4.33. The summed E-state index contributed by atoms with van der Waals surface area (Å²) in [5.41, 5.74) is 2.10. The molecule has 1 saturated carbocycles. The maximum Gasteiger partial charge on any atom is 0.238 e. The van der Waals surface area contributed by atoms with Crippen molar-refractivity contribution in [1.82, 2.24) is 4.90 Å². The Hall–Kier alpha value is -1.39. The summed E-state index contributed by atoms with van der Waals surface area (Å²) in [4.78, 5) is 14.0. The second-order valence-electron chi connectivity index (χ2n) is 5.02. The van der Waals surface area contributed by atoms with E-state index in [0.717, 1.165) is 24.9 Å². The summed E-state index contributed by atoms with van der Waals surface area (Å²) >= 11 is 0. The summed E-state index contributed by atoms with van der Waals surface area (Å²) in [7, 11) is 0. The van der Waals surface area contributed by atoms with Crippen molar-refractivity contribution in [1.29, 1.82) is 0 Å². The Morgan fingerprint density at radius 3 is 2.58 bits per heavy atom. The summed E-state index contributed by atoms with van der Waals surface area (Å²) < 4.78 is 0.